The Hall–Kier alpha value is -2.42. The molecule has 0 N–H and O–H groups in total. The zero-order valence-electron chi connectivity index (χ0n) is 16.4. The normalized spacial score (nSPS) is 11.8. The number of imidazole rings is 1. The molecule has 0 aliphatic carbocycles. The number of thiazole rings is 1. The molecule has 0 bridgehead atoms. The van der Waals surface area contributed by atoms with Crippen molar-refractivity contribution in [3.63, 3.8) is 0 Å². The second-order valence-electron chi connectivity index (χ2n) is 7.04. The molecular formula is C21H21ClN4O2S2. The molecule has 0 unspecified atom stereocenters. The average molecular weight is 461 g/mol. The van der Waals surface area contributed by atoms with E-state index in [2.05, 4.69) is 4.98 Å². The van der Waals surface area contributed by atoms with Crippen molar-refractivity contribution in [1.29, 1.82) is 0 Å². The molecule has 6 nitrogen and oxygen atoms in total. The number of benzene rings is 2. The van der Waals surface area contributed by atoms with Gasteiger partial charge < -0.3 is 9.47 Å². The van der Waals surface area contributed by atoms with Gasteiger partial charge in [-0.05, 0) is 43.2 Å². The van der Waals surface area contributed by atoms with Gasteiger partial charge in [0.15, 0.2) is 15.0 Å². The molecule has 4 aromatic rings. The minimum atomic E-state index is -3.50. The Labute approximate surface area is 184 Å². The Morgan fingerprint density at radius 1 is 1.20 bits per heavy atom. The number of anilines is 1. The maximum atomic E-state index is 13.0. The van der Waals surface area contributed by atoms with Crippen molar-refractivity contribution in [3.05, 3.63) is 71.8 Å². The molecule has 2 aromatic carbocycles. The number of hydrogen-bond donors (Lipinski definition) is 0. The number of nitrogens with zero attached hydrogens (tertiary/aromatic N) is 4. The summed E-state index contributed by atoms with van der Waals surface area (Å²) in [5, 5.41) is 1.33. The van der Waals surface area contributed by atoms with Crippen molar-refractivity contribution in [2.75, 3.05) is 17.3 Å². The van der Waals surface area contributed by atoms with E-state index in [0.29, 0.717) is 21.6 Å². The lowest BCUT2D eigenvalue weighted by Gasteiger charge is -2.22. The zero-order chi connectivity index (χ0) is 21.1. The summed E-state index contributed by atoms with van der Waals surface area (Å²) in [6, 6.07) is 12.3. The van der Waals surface area contributed by atoms with Gasteiger partial charge >= 0.3 is 0 Å². The van der Waals surface area contributed by atoms with E-state index >= 15 is 0 Å². The van der Waals surface area contributed by atoms with Crippen LogP contribution in [0.2, 0.25) is 5.02 Å². The molecule has 0 aliphatic rings. The van der Waals surface area contributed by atoms with Crippen molar-refractivity contribution >= 4 is 48.1 Å². The van der Waals surface area contributed by atoms with Gasteiger partial charge in [0.25, 0.3) is 0 Å². The van der Waals surface area contributed by atoms with Gasteiger partial charge in [-0.15, -0.1) is 0 Å². The maximum Gasteiger partial charge on any atom is 0.196 e. The number of rotatable bonds is 8. The highest BCUT2D eigenvalue weighted by atomic mass is 35.5. The predicted molar refractivity (Wildman–Crippen MR) is 122 cm³/mol. The number of fused-ring (bicyclic) bond motifs is 1. The zero-order valence-corrected chi connectivity index (χ0v) is 18.8. The molecule has 0 saturated carbocycles. The van der Waals surface area contributed by atoms with Crippen molar-refractivity contribution in [2.24, 2.45) is 0 Å². The Kier molecular flexibility index (Phi) is 6.08. The first kappa shape index (κ1) is 20.8. The molecule has 30 heavy (non-hydrogen) atoms. The predicted octanol–water partition coefficient (Wildman–Crippen LogP) is 4.78. The monoisotopic (exact) mass is 460 g/mol. The smallest absolute Gasteiger partial charge is 0.196 e. The van der Waals surface area contributed by atoms with Crippen LogP contribution < -0.4 is 4.90 Å². The highest BCUT2D eigenvalue weighted by Crippen LogP contribution is 2.33. The van der Waals surface area contributed by atoms with Crippen LogP contribution in [0.4, 0.5) is 5.13 Å². The fourth-order valence-corrected chi connectivity index (χ4v) is 6.17. The third-order valence-corrected chi connectivity index (χ3v) is 7.66. The fourth-order valence-electron chi connectivity index (χ4n) is 3.26. The van der Waals surface area contributed by atoms with E-state index in [0.717, 1.165) is 28.7 Å². The van der Waals surface area contributed by atoms with Gasteiger partial charge in [-0.1, -0.05) is 41.1 Å². The lowest BCUT2D eigenvalue weighted by atomic mass is 10.2. The van der Waals surface area contributed by atoms with E-state index in [4.69, 9.17) is 16.6 Å². The van der Waals surface area contributed by atoms with Gasteiger partial charge in [0.05, 0.1) is 21.4 Å². The van der Waals surface area contributed by atoms with Crippen LogP contribution in [-0.4, -0.2) is 35.4 Å². The molecule has 0 amide bonds. The van der Waals surface area contributed by atoms with E-state index in [1.165, 1.54) is 11.3 Å². The first-order chi connectivity index (χ1) is 14.4. The molecule has 0 saturated heterocycles. The highest BCUT2D eigenvalue weighted by Gasteiger charge is 2.22. The summed E-state index contributed by atoms with van der Waals surface area (Å²) in [7, 11) is -3.50. The van der Waals surface area contributed by atoms with Crippen molar-refractivity contribution < 1.29 is 8.42 Å². The van der Waals surface area contributed by atoms with Crippen LogP contribution in [0, 0.1) is 6.92 Å². The van der Waals surface area contributed by atoms with Gasteiger partial charge in [0.1, 0.15) is 5.88 Å². The van der Waals surface area contributed by atoms with Crippen LogP contribution in [0.5, 0.6) is 0 Å². The lowest BCUT2D eigenvalue weighted by molar-refractivity contribution is 0.587. The van der Waals surface area contributed by atoms with Crippen LogP contribution >= 0.6 is 22.9 Å². The van der Waals surface area contributed by atoms with Gasteiger partial charge in [0, 0.05) is 30.5 Å². The van der Waals surface area contributed by atoms with Crippen LogP contribution in [0.3, 0.4) is 0 Å². The van der Waals surface area contributed by atoms with Gasteiger partial charge in [0.2, 0.25) is 0 Å². The van der Waals surface area contributed by atoms with Crippen molar-refractivity contribution in [1.82, 2.24) is 14.5 Å². The Morgan fingerprint density at radius 2 is 2.00 bits per heavy atom. The van der Waals surface area contributed by atoms with E-state index in [-0.39, 0.29) is 5.88 Å². The number of aromatic nitrogens is 3. The second-order valence-corrected chi connectivity index (χ2v) is 10.4. The molecule has 2 aromatic heterocycles. The fraction of sp³-hybridized carbons (Fsp3) is 0.238. The molecule has 0 radical (unpaired) electrons. The number of aryl methyl sites for hydroxylation is 2. The van der Waals surface area contributed by atoms with Crippen LogP contribution in [0.1, 0.15) is 12.0 Å². The standard InChI is InChI=1S/C21H21ClN4O2S2/c1-16-12-17(22)13-19-20(16)24-21(29-19)26(10-5-9-25-11-8-23-14-25)15-30(27,28)18-6-3-2-4-7-18/h2-4,6-8,11-14H,5,9-10,15H2,1H3. The molecular weight excluding hydrogens is 440 g/mol. The number of sulfone groups is 1. The number of halogens is 1. The first-order valence-electron chi connectivity index (χ1n) is 9.47. The maximum absolute atomic E-state index is 13.0. The molecule has 0 fully saturated rings. The van der Waals surface area contributed by atoms with Crippen LogP contribution in [0.15, 0.2) is 66.1 Å². The summed E-state index contributed by atoms with van der Waals surface area (Å²) >= 11 is 7.66. The third-order valence-electron chi connectivity index (χ3n) is 4.74. The van der Waals surface area contributed by atoms with E-state index in [1.807, 2.05) is 40.8 Å². The summed E-state index contributed by atoms with van der Waals surface area (Å²) in [6.45, 7) is 3.26. The average Bonchev–Trinajstić information content (AvgIpc) is 3.38. The summed E-state index contributed by atoms with van der Waals surface area (Å²) in [4.78, 5) is 11.0. The minimum Gasteiger partial charge on any atom is -0.337 e. The summed E-state index contributed by atoms with van der Waals surface area (Å²) in [5.74, 6) is -0.131. The third kappa shape index (κ3) is 4.66. The van der Waals surface area contributed by atoms with Crippen molar-refractivity contribution in [3.8, 4) is 0 Å². The highest BCUT2D eigenvalue weighted by molar-refractivity contribution is 7.91. The lowest BCUT2D eigenvalue weighted by Crippen LogP contribution is -2.31. The first-order valence-corrected chi connectivity index (χ1v) is 12.3. The largest absolute Gasteiger partial charge is 0.337 e. The van der Waals surface area contributed by atoms with Crippen molar-refractivity contribution in [2.45, 2.75) is 24.8 Å². The van der Waals surface area contributed by atoms with Crippen LogP contribution in [0.25, 0.3) is 10.2 Å². The summed E-state index contributed by atoms with van der Waals surface area (Å²) in [5.41, 5.74) is 1.83. The SMILES string of the molecule is Cc1cc(Cl)cc2sc(N(CCCn3ccnc3)CS(=O)(=O)c3ccccc3)nc12. The molecule has 0 atom stereocenters. The second kappa shape index (κ2) is 8.75. The molecule has 0 spiro atoms. The van der Waals surface area contributed by atoms with Gasteiger partial charge in [-0.3, -0.25) is 0 Å². The van der Waals surface area contributed by atoms with Gasteiger partial charge in [-0.2, -0.15) is 0 Å². The quantitative estimate of drug-likeness (QED) is 0.378. The van der Waals surface area contributed by atoms with E-state index in [1.54, 1.807) is 36.8 Å². The number of hydrogen-bond acceptors (Lipinski definition) is 6. The molecule has 2 heterocycles. The van der Waals surface area contributed by atoms with E-state index in [9.17, 15) is 8.42 Å². The Morgan fingerprint density at radius 3 is 2.73 bits per heavy atom. The topological polar surface area (TPSA) is 68.1 Å². The molecule has 0 aliphatic heterocycles. The molecule has 4 rings (SSSR count). The molecule has 9 heteroatoms. The summed E-state index contributed by atoms with van der Waals surface area (Å²) < 4.78 is 29.0. The summed E-state index contributed by atoms with van der Waals surface area (Å²) in [6.07, 6.45) is 6.15. The van der Waals surface area contributed by atoms with Crippen LogP contribution in [-0.2, 0) is 16.4 Å². The van der Waals surface area contributed by atoms with Gasteiger partial charge in [-0.25, -0.2) is 18.4 Å². The Bertz CT molecular complexity index is 1240. The Balaban J connectivity index is 1.63. The minimum absolute atomic E-state index is 0.131. The van der Waals surface area contributed by atoms with E-state index < -0.39 is 9.84 Å². The molecule has 156 valence electrons.